The van der Waals surface area contributed by atoms with Crippen LogP contribution in [0.1, 0.15) is 33.6 Å². The van der Waals surface area contributed by atoms with E-state index in [-0.39, 0.29) is 24.3 Å². The monoisotopic (exact) mass is 244 g/mol. The molecule has 0 aliphatic carbocycles. The smallest absolute Gasteiger partial charge is 0.323 e. The van der Waals surface area contributed by atoms with Crippen molar-refractivity contribution < 1.29 is 14.7 Å². The van der Waals surface area contributed by atoms with Gasteiger partial charge >= 0.3 is 5.97 Å². The Hall–Kier alpha value is -1.10. The summed E-state index contributed by atoms with van der Waals surface area (Å²) in [7, 11) is 0. The normalized spacial score (nSPS) is 12.5. The van der Waals surface area contributed by atoms with E-state index in [0.717, 1.165) is 6.42 Å². The maximum absolute atomic E-state index is 12.0. The Morgan fingerprint density at radius 1 is 1.29 bits per heavy atom. The molecule has 5 heteroatoms. The zero-order valence-corrected chi connectivity index (χ0v) is 11.0. The number of amides is 1. The Balaban J connectivity index is 4.44. The zero-order valence-electron chi connectivity index (χ0n) is 11.0. The number of nitrogens with zero attached hydrogens (tertiary/aromatic N) is 1. The molecule has 5 nitrogen and oxygen atoms in total. The van der Waals surface area contributed by atoms with Crippen LogP contribution >= 0.6 is 0 Å². The first-order chi connectivity index (χ1) is 7.88. The van der Waals surface area contributed by atoms with Gasteiger partial charge in [-0.05, 0) is 25.3 Å². The molecule has 0 rings (SSSR count). The van der Waals surface area contributed by atoms with Crippen molar-refractivity contribution in [2.45, 2.75) is 33.6 Å². The van der Waals surface area contributed by atoms with Gasteiger partial charge in [0.15, 0.2) is 0 Å². The first kappa shape index (κ1) is 15.9. The van der Waals surface area contributed by atoms with E-state index < -0.39 is 5.97 Å². The van der Waals surface area contributed by atoms with Crippen molar-refractivity contribution >= 4 is 11.9 Å². The van der Waals surface area contributed by atoms with Crippen molar-refractivity contribution in [2.75, 3.05) is 19.6 Å². The molecule has 0 aromatic heterocycles. The lowest BCUT2D eigenvalue weighted by atomic mass is 10.0. The lowest BCUT2D eigenvalue weighted by molar-refractivity contribution is -0.146. The maximum Gasteiger partial charge on any atom is 0.323 e. The molecule has 0 heterocycles. The van der Waals surface area contributed by atoms with Crippen LogP contribution in [0.4, 0.5) is 0 Å². The average Bonchev–Trinajstić information content (AvgIpc) is 2.22. The van der Waals surface area contributed by atoms with Crippen LogP contribution in [0, 0.1) is 11.8 Å². The van der Waals surface area contributed by atoms with Crippen LogP contribution in [0.5, 0.6) is 0 Å². The van der Waals surface area contributed by atoms with E-state index in [2.05, 4.69) is 0 Å². The fourth-order valence-corrected chi connectivity index (χ4v) is 1.70. The van der Waals surface area contributed by atoms with Crippen molar-refractivity contribution in [2.24, 2.45) is 17.6 Å². The van der Waals surface area contributed by atoms with Crippen LogP contribution < -0.4 is 5.73 Å². The fraction of sp³-hybridized carbons (Fsp3) is 0.833. The van der Waals surface area contributed by atoms with Gasteiger partial charge in [-0.1, -0.05) is 20.8 Å². The maximum atomic E-state index is 12.0. The van der Waals surface area contributed by atoms with Gasteiger partial charge in [0.05, 0.1) is 0 Å². The zero-order chi connectivity index (χ0) is 13.4. The molecule has 0 fully saturated rings. The molecule has 0 aliphatic heterocycles. The topological polar surface area (TPSA) is 83.6 Å². The molecule has 0 radical (unpaired) electrons. The van der Waals surface area contributed by atoms with Gasteiger partial charge in [0.1, 0.15) is 6.54 Å². The molecule has 17 heavy (non-hydrogen) atoms. The second kappa shape index (κ2) is 8.06. The van der Waals surface area contributed by atoms with Gasteiger partial charge in [0.25, 0.3) is 0 Å². The van der Waals surface area contributed by atoms with Gasteiger partial charge in [0, 0.05) is 12.5 Å². The number of nitrogens with two attached hydrogens (primary N) is 1. The summed E-state index contributed by atoms with van der Waals surface area (Å²) in [6.45, 7) is 6.58. The summed E-state index contributed by atoms with van der Waals surface area (Å²) in [6, 6.07) is 0. The van der Waals surface area contributed by atoms with E-state index in [1.54, 1.807) is 0 Å². The molecule has 0 aromatic carbocycles. The Morgan fingerprint density at radius 2 is 1.88 bits per heavy atom. The molecule has 1 unspecified atom stereocenters. The van der Waals surface area contributed by atoms with Crippen molar-refractivity contribution in [3.8, 4) is 0 Å². The van der Waals surface area contributed by atoms with Crippen LogP contribution in [0.3, 0.4) is 0 Å². The summed E-state index contributed by atoms with van der Waals surface area (Å²) < 4.78 is 0. The van der Waals surface area contributed by atoms with Crippen LogP contribution in [-0.2, 0) is 9.59 Å². The molecule has 100 valence electrons. The van der Waals surface area contributed by atoms with E-state index in [9.17, 15) is 9.59 Å². The third kappa shape index (κ3) is 6.94. The molecular weight excluding hydrogens is 220 g/mol. The lowest BCUT2D eigenvalue weighted by Crippen LogP contribution is -2.41. The van der Waals surface area contributed by atoms with Crippen molar-refractivity contribution in [3.05, 3.63) is 0 Å². The number of carboxylic acid groups (broad SMARTS) is 1. The minimum Gasteiger partial charge on any atom is -0.480 e. The van der Waals surface area contributed by atoms with Crippen LogP contribution in [0.15, 0.2) is 0 Å². The van der Waals surface area contributed by atoms with Gasteiger partial charge in [-0.3, -0.25) is 9.59 Å². The third-order valence-corrected chi connectivity index (χ3v) is 2.49. The number of carbonyl (C=O) groups excluding carboxylic acids is 1. The van der Waals surface area contributed by atoms with E-state index in [1.165, 1.54) is 4.90 Å². The highest BCUT2D eigenvalue weighted by Gasteiger charge is 2.22. The molecule has 0 aliphatic rings. The Kier molecular flexibility index (Phi) is 7.54. The molecule has 0 saturated carbocycles. The quantitative estimate of drug-likeness (QED) is 0.665. The van der Waals surface area contributed by atoms with Crippen molar-refractivity contribution in [1.82, 2.24) is 4.90 Å². The van der Waals surface area contributed by atoms with Crippen LogP contribution in [-0.4, -0.2) is 41.5 Å². The largest absolute Gasteiger partial charge is 0.480 e. The fourth-order valence-electron chi connectivity index (χ4n) is 1.70. The molecule has 1 amide bonds. The summed E-state index contributed by atoms with van der Waals surface area (Å²) in [5.41, 5.74) is 5.40. The van der Waals surface area contributed by atoms with E-state index in [0.29, 0.717) is 19.5 Å². The Labute approximate surface area is 103 Å². The molecule has 0 bridgehead atoms. The standard InChI is InChI=1S/C12H24N2O3/c1-9(2)7-14(8-11(15)16)12(17)10(3)5-4-6-13/h9-10H,4-8,13H2,1-3H3,(H,15,16). The first-order valence-electron chi connectivity index (χ1n) is 6.09. The predicted molar refractivity (Wildman–Crippen MR) is 66.5 cm³/mol. The van der Waals surface area contributed by atoms with Gasteiger partial charge in [0.2, 0.25) is 5.91 Å². The van der Waals surface area contributed by atoms with Crippen molar-refractivity contribution in [1.29, 1.82) is 0 Å². The predicted octanol–water partition coefficient (Wildman–Crippen LogP) is 0.931. The number of carboxylic acids is 1. The number of hydrogen-bond donors (Lipinski definition) is 2. The Morgan fingerprint density at radius 3 is 2.29 bits per heavy atom. The molecule has 0 aromatic rings. The molecular formula is C12H24N2O3. The van der Waals surface area contributed by atoms with E-state index >= 15 is 0 Å². The highest BCUT2D eigenvalue weighted by Crippen LogP contribution is 2.11. The minimum absolute atomic E-state index is 0.0884. The van der Waals surface area contributed by atoms with E-state index in [1.807, 2.05) is 20.8 Å². The van der Waals surface area contributed by atoms with Gasteiger partial charge in [-0.25, -0.2) is 0 Å². The SMILES string of the molecule is CC(C)CN(CC(=O)O)C(=O)C(C)CCCN. The molecule has 3 N–H and O–H groups in total. The first-order valence-corrected chi connectivity index (χ1v) is 6.09. The summed E-state index contributed by atoms with van der Waals surface area (Å²) in [6.07, 6.45) is 1.50. The molecule has 0 spiro atoms. The van der Waals surface area contributed by atoms with Crippen LogP contribution in [0.25, 0.3) is 0 Å². The molecule has 0 saturated heterocycles. The second-order valence-corrected chi connectivity index (χ2v) is 4.84. The summed E-state index contributed by atoms with van der Waals surface area (Å²) >= 11 is 0. The Bertz CT molecular complexity index is 254. The number of hydrogen-bond acceptors (Lipinski definition) is 3. The summed E-state index contributed by atoms with van der Waals surface area (Å²) in [5.74, 6) is -0.948. The van der Waals surface area contributed by atoms with E-state index in [4.69, 9.17) is 10.8 Å². The lowest BCUT2D eigenvalue weighted by Gasteiger charge is -2.25. The van der Waals surface area contributed by atoms with Crippen molar-refractivity contribution in [3.63, 3.8) is 0 Å². The summed E-state index contributed by atoms with van der Waals surface area (Å²) in [4.78, 5) is 24.2. The minimum atomic E-state index is -0.968. The van der Waals surface area contributed by atoms with Gasteiger partial charge in [-0.15, -0.1) is 0 Å². The number of carbonyl (C=O) groups is 2. The van der Waals surface area contributed by atoms with Crippen LogP contribution in [0.2, 0.25) is 0 Å². The van der Waals surface area contributed by atoms with Gasteiger partial charge in [-0.2, -0.15) is 0 Å². The highest BCUT2D eigenvalue weighted by molar-refractivity contribution is 5.82. The second-order valence-electron chi connectivity index (χ2n) is 4.84. The summed E-state index contributed by atoms with van der Waals surface area (Å²) in [5, 5.41) is 8.79. The average molecular weight is 244 g/mol. The molecule has 1 atom stereocenters. The number of aliphatic carboxylic acids is 1. The number of rotatable bonds is 8. The highest BCUT2D eigenvalue weighted by atomic mass is 16.4. The van der Waals surface area contributed by atoms with Gasteiger partial charge < -0.3 is 15.7 Å². The third-order valence-electron chi connectivity index (χ3n) is 2.49.